The summed E-state index contributed by atoms with van der Waals surface area (Å²) >= 11 is 1.84. The number of benzene rings is 3. The van der Waals surface area contributed by atoms with E-state index < -0.39 is 5.54 Å². The van der Waals surface area contributed by atoms with Crippen molar-refractivity contribution in [1.82, 2.24) is 10.9 Å². The van der Waals surface area contributed by atoms with Crippen molar-refractivity contribution in [3.05, 3.63) is 108 Å². The first-order chi connectivity index (χ1) is 12.4. The van der Waals surface area contributed by atoms with E-state index in [1.54, 1.807) is 0 Å². The first-order valence-corrected chi connectivity index (χ1v) is 9.93. The largest absolute Gasteiger partial charge is 0.256 e. The second-order valence-corrected chi connectivity index (χ2v) is 6.88. The summed E-state index contributed by atoms with van der Waals surface area (Å²) in [7, 11) is 0. The van der Waals surface area contributed by atoms with Crippen LogP contribution in [0.15, 0.2) is 91.0 Å². The molecule has 3 rings (SSSR count). The van der Waals surface area contributed by atoms with Gasteiger partial charge in [-0.05, 0) is 22.9 Å². The first kappa shape index (κ1) is 17.7. The lowest BCUT2D eigenvalue weighted by Crippen LogP contribution is -2.52. The Kier molecular flexibility index (Phi) is 6.29. The quantitative estimate of drug-likeness (QED) is 0.358. The Labute approximate surface area is 154 Å². The zero-order valence-corrected chi connectivity index (χ0v) is 15.3. The first-order valence-electron chi connectivity index (χ1n) is 8.53. The molecule has 0 saturated heterocycles. The average Bonchev–Trinajstić information content (AvgIpc) is 2.70. The number of rotatable bonds is 8. The van der Waals surface area contributed by atoms with E-state index in [0.717, 1.165) is 12.3 Å². The van der Waals surface area contributed by atoms with Gasteiger partial charge in [0.15, 0.2) is 0 Å². The second-order valence-electron chi connectivity index (χ2n) is 5.89. The van der Waals surface area contributed by atoms with Crippen LogP contribution in [0.25, 0.3) is 0 Å². The fourth-order valence-corrected chi connectivity index (χ4v) is 3.44. The lowest BCUT2D eigenvalue weighted by molar-refractivity contribution is 0.400. The lowest BCUT2D eigenvalue weighted by Gasteiger charge is -2.37. The zero-order chi connectivity index (χ0) is 17.4. The summed E-state index contributed by atoms with van der Waals surface area (Å²) in [5.41, 5.74) is 10.3. The molecule has 0 atom stereocenters. The summed E-state index contributed by atoms with van der Waals surface area (Å²) in [5, 5.41) is 0. The van der Waals surface area contributed by atoms with Gasteiger partial charge in [0.05, 0.1) is 0 Å². The highest BCUT2D eigenvalue weighted by molar-refractivity contribution is 7.98. The summed E-state index contributed by atoms with van der Waals surface area (Å²) in [5.74, 6) is 1.06. The van der Waals surface area contributed by atoms with Gasteiger partial charge < -0.3 is 0 Å². The van der Waals surface area contributed by atoms with Crippen LogP contribution < -0.4 is 10.9 Å². The number of hydrogen-bond acceptors (Lipinski definition) is 3. The van der Waals surface area contributed by atoms with E-state index in [1.165, 1.54) is 16.7 Å². The van der Waals surface area contributed by atoms with Crippen LogP contribution in [-0.2, 0) is 5.54 Å². The van der Waals surface area contributed by atoms with Gasteiger partial charge in [-0.25, -0.2) is 5.43 Å². The molecule has 0 unspecified atom stereocenters. The third-order valence-corrected chi connectivity index (χ3v) is 4.94. The van der Waals surface area contributed by atoms with Crippen molar-refractivity contribution in [1.29, 1.82) is 0 Å². The molecule has 3 aromatic rings. The smallest absolute Gasteiger partial charge is 0.107 e. The summed E-state index contributed by atoms with van der Waals surface area (Å²) in [6.07, 6.45) is 2.13. The van der Waals surface area contributed by atoms with Crippen molar-refractivity contribution >= 4 is 11.8 Å². The molecule has 0 aliphatic rings. The molecule has 3 aromatic carbocycles. The molecule has 2 N–H and O–H groups in total. The molecule has 0 heterocycles. The highest BCUT2D eigenvalue weighted by Gasteiger charge is 2.35. The van der Waals surface area contributed by atoms with Crippen molar-refractivity contribution in [2.45, 2.75) is 5.54 Å². The van der Waals surface area contributed by atoms with Crippen molar-refractivity contribution in [2.75, 3.05) is 18.6 Å². The number of hydrazine groups is 1. The molecule has 0 saturated carbocycles. The Balaban J connectivity index is 2.13. The number of nitrogens with one attached hydrogen (secondary N) is 2. The standard InChI is InChI=1S/C22H24N2S/c1-25-18-17-23-24-22(19-11-5-2-6-12-19,20-13-7-3-8-14-20)21-15-9-4-10-16-21/h2-16,23-24H,17-18H2,1H3. The Hall–Kier alpha value is -2.07. The van der Waals surface area contributed by atoms with Gasteiger partial charge >= 0.3 is 0 Å². The minimum absolute atomic E-state index is 0.442. The molecule has 0 amide bonds. The normalized spacial score (nSPS) is 11.4. The van der Waals surface area contributed by atoms with Crippen LogP contribution in [0.4, 0.5) is 0 Å². The van der Waals surface area contributed by atoms with Crippen LogP contribution in [0.2, 0.25) is 0 Å². The second kappa shape index (κ2) is 8.86. The Morgan fingerprint density at radius 3 is 1.44 bits per heavy atom. The van der Waals surface area contributed by atoms with Crippen LogP contribution >= 0.6 is 11.8 Å². The molecule has 0 aliphatic heterocycles. The molecule has 3 heteroatoms. The van der Waals surface area contributed by atoms with Gasteiger partial charge in [0, 0.05) is 12.3 Å². The molecule has 2 nitrogen and oxygen atoms in total. The molecular formula is C22H24N2S. The van der Waals surface area contributed by atoms with Crippen molar-refractivity contribution in [3.8, 4) is 0 Å². The fourth-order valence-electron chi connectivity index (χ4n) is 3.13. The molecule has 0 fully saturated rings. The summed E-state index contributed by atoms with van der Waals surface area (Å²) < 4.78 is 0. The maximum atomic E-state index is 3.65. The van der Waals surface area contributed by atoms with Crippen LogP contribution in [0, 0.1) is 0 Å². The van der Waals surface area contributed by atoms with Gasteiger partial charge in [-0.15, -0.1) is 0 Å². The monoisotopic (exact) mass is 348 g/mol. The summed E-state index contributed by atoms with van der Waals surface area (Å²) in [6, 6.07) is 31.9. The van der Waals surface area contributed by atoms with Gasteiger partial charge in [0.1, 0.15) is 5.54 Å². The van der Waals surface area contributed by atoms with E-state index in [2.05, 4.69) is 108 Å². The van der Waals surface area contributed by atoms with Crippen LogP contribution in [0.3, 0.4) is 0 Å². The fraction of sp³-hybridized carbons (Fsp3) is 0.182. The molecule has 0 aromatic heterocycles. The number of hydrogen-bond donors (Lipinski definition) is 2. The Bertz CT molecular complexity index is 648. The van der Waals surface area contributed by atoms with E-state index in [9.17, 15) is 0 Å². The highest BCUT2D eigenvalue weighted by Crippen LogP contribution is 2.36. The third kappa shape index (κ3) is 3.96. The maximum absolute atomic E-state index is 3.65. The molecule has 0 bridgehead atoms. The van der Waals surface area contributed by atoms with Crippen LogP contribution in [0.1, 0.15) is 16.7 Å². The maximum Gasteiger partial charge on any atom is 0.107 e. The zero-order valence-electron chi connectivity index (χ0n) is 14.5. The molecule has 0 radical (unpaired) electrons. The molecule has 0 aliphatic carbocycles. The summed E-state index contributed by atoms with van der Waals surface area (Å²) in [4.78, 5) is 0. The van der Waals surface area contributed by atoms with Gasteiger partial charge in [0.25, 0.3) is 0 Å². The van der Waals surface area contributed by atoms with E-state index in [4.69, 9.17) is 0 Å². The predicted molar refractivity (Wildman–Crippen MR) is 109 cm³/mol. The van der Waals surface area contributed by atoms with Crippen molar-refractivity contribution in [2.24, 2.45) is 0 Å². The summed E-state index contributed by atoms with van der Waals surface area (Å²) in [6.45, 7) is 0.898. The van der Waals surface area contributed by atoms with Gasteiger partial charge in [-0.2, -0.15) is 11.8 Å². The SMILES string of the molecule is CSCCNNC(c1ccccc1)(c1ccccc1)c1ccccc1. The van der Waals surface area contributed by atoms with E-state index >= 15 is 0 Å². The van der Waals surface area contributed by atoms with E-state index in [-0.39, 0.29) is 0 Å². The number of thioether (sulfide) groups is 1. The van der Waals surface area contributed by atoms with Gasteiger partial charge in [-0.1, -0.05) is 91.0 Å². The highest BCUT2D eigenvalue weighted by atomic mass is 32.2. The third-order valence-electron chi connectivity index (χ3n) is 4.33. The average molecular weight is 349 g/mol. The molecule has 25 heavy (non-hydrogen) atoms. The minimum Gasteiger partial charge on any atom is -0.256 e. The minimum atomic E-state index is -0.442. The van der Waals surface area contributed by atoms with Crippen LogP contribution in [0.5, 0.6) is 0 Å². The van der Waals surface area contributed by atoms with Gasteiger partial charge in [-0.3, -0.25) is 5.43 Å². The predicted octanol–water partition coefficient (Wildman–Crippen LogP) is 4.44. The van der Waals surface area contributed by atoms with Crippen molar-refractivity contribution in [3.63, 3.8) is 0 Å². The molecular weight excluding hydrogens is 324 g/mol. The van der Waals surface area contributed by atoms with Gasteiger partial charge in [0.2, 0.25) is 0 Å². The Morgan fingerprint density at radius 1 is 0.680 bits per heavy atom. The molecule has 128 valence electrons. The topological polar surface area (TPSA) is 24.1 Å². The van der Waals surface area contributed by atoms with E-state index in [0.29, 0.717) is 0 Å². The van der Waals surface area contributed by atoms with Crippen molar-refractivity contribution < 1.29 is 0 Å². The van der Waals surface area contributed by atoms with Crippen LogP contribution in [-0.4, -0.2) is 18.6 Å². The lowest BCUT2D eigenvalue weighted by atomic mass is 9.77. The van der Waals surface area contributed by atoms with E-state index in [1.807, 2.05) is 11.8 Å². The molecule has 0 spiro atoms. The Morgan fingerprint density at radius 2 is 1.08 bits per heavy atom.